The van der Waals surface area contributed by atoms with E-state index in [0.29, 0.717) is 41.4 Å². The smallest absolute Gasteiger partial charge is 0.493 e. The number of methoxy groups -OCH3 is 2. The maximum Gasteiger partial charge on any atom is 0.737 e. The molecule has 0 saturated heterocycles. The lowest BCUT2D eigenvalue weighted by atomic mass is 9.83. The number of nitro groups is 1. The van der Waals surface area contributed by atoms with E-state index >= 15 is 8.63 Å². The predicted octanol–water partition coefficient (Wildman–Crippen LogP) is 7.60. The summed E-state index contributed by atoms with van der Waals surface area (Å²) in [7, 11) is 2.83. The van der Waals surface area contributed by atoms with E-state index in [1.807, 2.05) is 52.0 Å². The highest BCUT2D eigenvalue weighted by atomic mass is 127. The van der Waals surface area contributed by atoms with E-state index in [1.165, 1.54) is 35.3 Å². The van der Waals surface area contributed by atoms with E-state index < -0.39 is 11.9 Å². The summed E-state index contributed by atoms with van der Waals surface area (Å²) in [5.74, 6) is 0.527. The van der Waals surface area contributed by atoms with E-state index in [9.17, 15) is 10.1 Å². The fraction of sp³-hybridized carbons (Fsp3) is 0.344. The number of halogens is 3. The summed E-state index contributed by atoms with van der Waals surface area (Å²) in [6.07, 6.45) is 1.15. The summed E-state index contributed by atoms with van der Waals surface area (Å²) in [6.45, 7) is 4.89. The molecule has 1 aromatic heterocycles. The van der Waals surface area contributed by atoms with Gasteiger partial charge in [-0.1, -0.05) is 26.0 Å². The second-order valence-corrected chi connectivity index (χ2v) is 12.2. The van der Waals surface area contributed by atoms with Crippen LogP contribution in [0.1, 0.15) is 60.8 Å². The van der Waals surface area contributed by atoms with Gasteiger partial charge in [0.05, 0.1) is 43.0 Å². The van der Waals surface area contributed by atoms with Gasteiger partial charge in [-0.3, -0.25) is 10.1 Å². The molecule has 0 saturated carbocycles. The molecule has 2 aliphatic heterocycles. The van der Waals surface area contributed by atoms with Crippen molar-refractivity contribution in [1.82, 2.24) is 4.48 Å². The zero-order valence-corrected chi connectivity index (χ0v) is 28.0. The largest absolute Gasteiger partial charge is 0.737 e. The molecule has 3 heterocycles. The SMILES string of the molecule is CCC1=C(C)C2=C(c3ccc(I)cc3)c3c(C)c(CC)c(C)n3[B-](F)(F)[N+]2=C1COCc1cc(OC)c(OC)cc1[N+](=O)[O-]. The minimum Gasteiger partial charge on any atom is -0.493 e. The first kappa shape index (κ1) is 31.9. The minimum absolute atomic E-state index is 0.165. The van der Waals surface area contributed by atoms with Crippen molar-refractivity contribution < 1.29 is 32.3 Å². The summed E-state index contributed by atoms with van der Waals surface area (Å²) in [5.41, 5.74) is 6.97. The van der Waals surface area contributed by atoms with Crippen LogP contribution in [0, 0.1) is 27.5 Å². The normalized spacial score (nSPS) is 15.6. The van der Waals surface area contributed by atoms with Crippen molar-refractivity contribution in [3.05, 3.63) is 101 Å². The highest BCUT2D eigenvalue weighted by Crippen LogP contribution is 2.47. The van der Waals surface area contributed by atoms with Gasteiger partial charge in [0.25, 0.3) is 5.69 Å². The molecular formula is C32H35BF2IN3O5. The third-order valence-electron chi connectivity index (χ3n) is 8.75. The van der Waals surface area contributed by atoms with Crippen LogP contribution in [0.3, 0.4) is 0 Å². The number of allylic oxidation sites excluding steroid dienone is 1. The first-order chi connectivity index (χ1) is 20.9. The molecule has 0 amide bonds. The summed E-state index contributed by atoms with van der Waals surface area (Å²) < 4.78 is 54.1. The van der Waals surface area contributed by atoms with Gasteiger partial charge in [-0.2, -0.15) is 0 Å². The molecule has 2 aromatic carbocycles. The molecule has 0 aliphatic carbocycles. The fourth-order valence-corrected chi connectivity index (χ4v) is 7.15. The van der Waals surface area contributed by atoms with Crippen LogP contribution in [0.5, 0.6) is 11.5 Å². The Morgan fingerprint density at radius 1 is 1.00 bits per heavy atom. The number of nitrogens with zero attached hydrogens (tertiary/aromatic N) is 3. The van der Waals surface area contributed by atoms with Gasteiger partial charge in [-0.05, 0) is 96.8 Å². The number of rotatable bonds is 10. The standard InChI is InChI=1S/C32H35BF2IN3O5/c1-8-24-18(3)31-30(21-10-12-23(36)13-11-21)32-19(4)25(9-2)27(38(32)33(34,35)37(31)20(24)5)17-44-16-22-14-28(42-6)29(43-7)15-26(22)39(40)41/h10-15H,8-9,16-17H2,1-7H3. The van der Waals surface area contributed by atoms with Crippen molar-refractivity contribution in [1.29, 1.82) is 0 Å². The Kier molecular flexibility index (Phi) is 8.78. The van der Waals surface area contributed by atoms with Gasteiger partial charge in [-0.15, -0.1) is 0 Å². The number of hydrogen-bond acceptors (Lipinski definition) is 5. The van der Waals surface area contributed by atoms with Crippen molar-refractivity contribution in [2.45, 2.75) is 54.1 Å². The zero-order chi connectivity index (χ0) is 32.1. The highest BCUT2D eigenvalue weighted by Gasteiger charge is 2.57. The molecule has 0 atom stereocenters. The average molecular weight is 717 g/mol. The zero-order valence-electron chi connectivity index (χ0n) is 25.9. The summed E-state index contributed by atoms with van der Waals surface area (Å²) in [4.78, 5) is 11.3. The maximum absolute atomic E-state index is 17.0. The molecule has 0 unspecified atom stereocenters. The van der Waals surface area contributed by atoms with Crippen LogP contribution < -0.4 is 9.47 Å². The third kappa shape index (κ3) is 4.95. The van der Waals surface area contributed by atoms with E-state index in [-0.39, 0.29) is 30.2 Å². The van der Waals surface area contributed by atoms with E-state index in [4.69, 9.17) is 14.2 Å². The molecule has 44 heavy (non-hydrogen) atoms. The van der Waals surface area contributed by atoms with Crippen molar-refractivity contribution in [2.24, 2.45) is 0 Å². The van der Waals surface area contributed by atoms with Crippen LogP contribution in [0.4, 0.5) is 14.3 Å². The molecule has 5 rings (SSSR count). The number of aromatic nitrogens is 1. The van der Waals surface area contributed by atoms with Gasteiger partial charge in [0, 0.05) is 20.4 Å². The molecule has 8 nitrogen and oxygen atoms in total. The van der Waals surface area contributed by atoms with E-state index in [2.05, 4.69) is 22.6 Å². The highest BCUT2D eigenvalue weighted by molar-refractivity contribution is 14.1. The number of benzene rings is 2. The van der Waals surface area contributed by atoms with Gasteiger partial charge in [0.2, 0.25) is 0 Å². The first-order valence-electron chi connectivity index (χ1n) is 14.5. The summed E-state index contributed by atoms with van der Waals surface area (Å²) in [5, 5.41) is 11.8. The lowest BCUT2D eigenvalue weighted by Crippen LogP contribution is -2.52. The first-order valence-corrected chi connectivity index (χ1v) is 15.6. The number of nitro benzene ring substituents is 1. The lowest BCUT2D eigenvalue weighted by molar-refractivity contribution is -0.386. The van der Waals surface area contributed by atoms with Crippen molar-refractivity contribution in [2.75, 3.05) is 20.8 Å². The molecule has 12 heteroatoms. The van der Waals surface area contributed by atoms with E-state index in [1.54, 1.807) is 6.92 Å². The average Bonchev–Trinajstić information content (AvgIpc) is 3.43. The van der Waals surface area contributed by atoms with Crippen LogP contribution in [-0.4, -0.2) is 47.4 Å². The number of hydrogen-bond donors (Lipinski definition) is 0. The number of ether oxygens (including phenoxy) is 3. The Bertz CT molecular complexity index is 1780. The molecule has 0 radical (unpaired) electrons. The Balaban J connectivity index is 1.69. The molecule has 3 aromatic rings. The summed E-state index contributed by atoms with van der Waals surface area (Å²) in [6, 6.07) is 10.7. The Hall–Kier alpha value is -3.52. The quantitative estimate of drug-likeness (QED) is 0.0935. The van der Waals surface area contributed by atoms with Crippen molar-refractivity contribution >= 4 is 46.5 Å². The Morgan fingerprint density at radius 3 is 2.20 bits per heavy atom. The fourth-order valence-electron chi connectivity index (χ4n) is 6.79. The van der Waals surface area contributed by atoms with Crippen LogP contribution >= 0.6 is 22.6 Å². The Morgan fingerprint density at radius 2 is 1.64 bits per heavy atom. The Labute approximate surface area is 269 Å². The van der Waals surface area contributed by atoms with Crippen molar-refractivity contribution in [3.63, 3.8) is 0 Å². The predicted molar refractivity (Wildman–Crippen MR) is 176 cm³/mol. The molecule has 0 spiro atoms. The van der Waals surface area contributed by atoms with Crippen LogP contribution in [0.2, 0.25) is 0 Å². The van der Waals surface area contributed by atoms with Gasteiger partial charge in [0.15, 0.2) is 22.9 Å². The molecule has 0 bridgehead atoms. The van der Waals surface area contributed by atoms with Crippen LogP contribution in [-0.2, 0) is 17.8 Å². The molecule has 2 aliphatic rings. The molecule has 0 N–H and O–H groups in total. The second-order valence-electron chi connectivity index (χ2n) is 10.9. The second kappa shape index (κ2) is 12.1. The third-order valence-corrected chi connectivity index (χ3v) is 9.47. The van der Waals surface area contributed by atoms with Gasteiger partial charge in [-0.25, -0.2) is 0 Å². The molecule has 232 valence electrons. The maximum atomic E-state index is 17.0. The van der Waals surface area contributed by atoms with Crippen LogP contribution in [0.15, 0.2) is 53.2 Å². The van der Waals surface area contributed by atoms with Gasteiger partial charge >= 0.3 is 6.97 Å². The van der Waals surface area contributed by atoms with Crippen molar-refractivity contribution in [3.8, 4) is 11.5 Å². The lowest BCUT2D eigenvalue weighted by Gasteiger charge is -2.34. The topological polar surface area (TPSA) is 78.8 Å². The molecule has 0 fully saturated rings. The van der Waals surface area contributed by atoms with Gasteiger partial charge in [0.1, 0.15) is 6.61 Å². The minimum atomic E-state index is -4.30. The van der Waals surface area contributed by atoms with Gasteiger partial charge < -0.3 is 31.8 Å². The van der Waals surface area contributed by atoms with E-state index in [0.717, 1.165) is 37.0 Å². The molecular weight excluding hydrogens is 682 g/mol. The summed E-state index contributed by atoms with van der Waals surface area (Å²) >= 11 is 2.24. The monoisotopic (exact) mass is 717 g/mol. The van der Waals surface area contributed by atoms with Crippen LogP contribution in [0.25, 0.3) is 5.57 Å². The number of fused-ring (bicyclic) bond motifs is 2.